The standard InChI is InChI=1S/C31H35N5O6S/c1-3-41-29(37)11-8-18-36(43(39,40)25-9-6-5-7-10-25)24-16-17-27-26(20-24)34-28(35(27)21-30(38)42-4-2)19-22-12-14-23(15-13-22)31(32)33/h5-7,9-10,12-17,20H,3-4,8,11,18-19,21H2,1-2H3,(H3,32,33). The predicted molar refractivity (Wildman–Crippen MR) is 163 cm³/mol. The zero-order chi connectivity index (χ0) is 31.0. The molecule has 0 saturated carbocycles. The lowest BCUT2D eigenvalue weighted by Gasteiger charge is -2.24. The summed E-state index contributed by atoms with van der Waals surface area (Å²) in [5.41, 5.74) is 8.57. The Morgan fingerprint density at radius 3 is 2.28 bits per heavy atom. The fourth-order valence-electron chi connectivity index (χ4n) is 4.66. The maximum Gasteiger partial charge on any atom is 0.326 e. The van der Waals surface area contributed by atoms with Crippen molar-refractivity contribution in [2.75, 3.05) is 24.1 Å². The summed E-state index contributed by atoms with van der Waals surface area (Å²) in [5.74, 6) is -0.276. The Bertz CT molecular complexity index is 1700. The van der Waals surface area contributed by atoms with Crippen molar-refractivity contribution in [3.63, 3.8) is 0 Å². The molecule has 0 unspecified atom stereocenters. The van der Waals surface area contributed by atoms with E-state index in [1.165, 1.54) is 16.4 Å². The maximum absolute atomic E-state index is 13.8. The second kappa shape index (κ2) is 14.0. The molecule has 0 fully saturated rings. The largest absolute Gasteiger partial charge is 0.466 e. The first-order valence-corrected chi connectivity index (χ1v) is 15.4. The van der Waals surface area contributed by atoms with E-state index in [1.807, 2.05) is 12.1 Å². The molecule has 3 aromatic carbocycles. The van der Waals surface area contributed by atoms with Crippen LogP contribution in [0.2, 0.25) is 0 Å². The summed E-state index contributed by atoms with van der Waals surface area (Å²) in [6, 6.07) is 20.3. The summed E-state index contributed by atoms with van der Waals surface area (Å²) < 4.78 is 40.8. The smallest absolute Gasteiger partial charge is 0.326 e. The lowest BCUT2D eigenvalue weighted by molar-refractivity contribution is -0.144. The van der Waals surface area contributed by atoms with Crippen molar-refractivity contribution >= 4 is 44.5 Å². The molecule has 4 aromatic rings. The molecule has 12 heteroatoms. The molecular formula is C31H35N5O6S. The van der Waals surface area contributed by atoms with Crippen molar-refractivity contribution in [1.29, 1.82) is 5.41 Å². The molecule has 0 aliphatic heterocycles. The van der Waals surface area contributed by atoms with Crippen LogP contribution in [0.5, 0.6) is 0 Å². The second-order valence-corrected chi connectivity index (χ2v) is 11.5. The molecule has 0 spiro atoms. The zero-order valence-electron chi connectivity index (χ0n) is 24.2. The molecule has 0 radical (unpaired) electrons. The number of amidine groups is 1. The highest BCUT2D eigenvalue weighted by molar-refractivity contribution is 7.92. The molecule has 0 saturated heterocycles. The van der Waals surface area contributed by atoms with Crippen LogP contribution in [0.4, 0.5) is 5.69 Å². The number of aromatic nitrogens is 2. The van der Waals surface area contributed by atoms with Gasteiger partial charge in [0, 0.05) is 24.9 Å². The third-order valence-electron chi connectivity index (χ3n) is 6.70. The van der Waals surface area contributed by atoms with Crippen molar-refractivity contribution < 1.29 is 27.5 Å². The van der Waals surface area contributed by atoms with Crippen LogP contribution < -0.4 is 10.0 Å². The Balaban J connectivity index is 1.75. The number of fused-ring (bicyclic) bond motifs is 1. The number of nitrogen functional groups attached to an aromatic ring is 1. The van der Waals surface area contributed by atoms with Crippen LogP contribution in [-0.2, 0) is 42.1 Å². The molecule has 11 nitrogen and oxygen atoms in total. The van der Waals surface area contributed by atoms with Gasteiger partial charge in [0.05, 0.1) is 34.8 Å². The van der Waals surface area contributed by atoms with Gasteiger partial charge in [-0.25, -0.2) is 13.4 Å². The summed E-state index contributed by atoms with van der Waals surface area (Å²) >= 11 is 0. The molecule has 43 heavy (non-hydrogen) atoms. The minimum atomic E-state index is -3.98. The van der Waals surface area contributed by atoms with E-state index in [2.05, 4.69) is 0 Å². The van der Waals surface area contributed by atoms with E-state index in [0.29, 0.717) is 34.5 Å². The van der Waals surface area contributed by atoms with Gasteiger partial charge in [0.25, 0.3) is 10.0 Å². The molecule has 3 N–H and O–H groups in total. The highest BCUT2D eigenvalue weighted by atomic mass is 32.2. The van der Waals surface area contributed by atoms with Gasteiger partial charge in [0.15, 0.2) is 0 Å². The quantitative estimate of drug-likeness (QED) is 0.124. The number of carbonyl (C=O) groups excluding carboxylic acids is 2. The number of hydrogen-bond acceptors (Lipinski definition) is 8. The zero-order valence-corrected chi connectivity index (χ0v) is 25.0. The molecule has 0 aliphatic carbocycles. The Kier molecular flexibility index (Phi) is 10.1. The number of anilines is 1. The number of carbonyl (C=O) groups is 2. The Labute approximate surface area is 250 Å². The van der Waals surface area contributed by atoms with Gasteiger partial charge in [-0.05, 0) is 56.2 Å². The van der Waals surface area contributed by atoms with Gasteiger partial charge >= 0.3 is 11.9 Å². The number of nitrogens with two attached hydrogens (primary N) is 1. The average molecular weight is 606 g/mol. The van der Waals surface area contributed by atoms with Crippen molar-refractivity contribution in [2.24, 2.45) is 5.73 Å². The molecule has 1 aromatic heterocycles. The highest BCUT2D eigenvalue weighted by Crippen LogP contribution is 2.29. The van der Waals surface area contributed by atoms with Gasteiger partial charge < -0.3 is 19.8 Å². The van der Waals surface area contributed by atoms with Gasteiger partial charge in [-0.2, -0.15) is 0 Å². The minimum absolute atomic E-state index is 0.0362. The predicted octanol–water partition coefficient (Wildman–Crippen LogP) is 4.01. The summed E-state index contributed by atoms with van der Waals surface area (Å²) in [7, 11) is -3.98. The first kappa shape index (κ1) is 31.2. The van der Waals surface area contributed by atoms with Crippen molar-refractivity contribution in [2.45, 2.75) is 44.6 Å². The van der Waals surface area contributed by atoms with Crippen LogP contribution >= 0.6 is 0 Å². The molecule has 0 amide bonds. The van der Waals surface area contributed by atoms with E-state index in [0.717, 1.165) is 5.56 Å². The Morgan fingerprint density at radius 1 is 0.953 bits per heavy atom. The number of nitrogens with one attached hydrogen (secondary N) is 1. The van der Waals surface area contributed by atoms with E-state index in [4.69, 9.17) is 25.6 Å². The van der Waals surface area contributed by atoms with E-state index < -0.39 is 22.0 Å². The van der Waals surface area contributed by atoms with Crippen LogP contribution in [-0.4, -0.2) is 55.5 Å². The normalized spacial score (nSPS) is 11.3. The molecule has 226 valence electrons. The van der Waals surface area contributed by atoms with Crippen LogP contribution in [0.1, 0.15) is 43.6 Å². The number of rotatable bonds is 14. The second-order valence-electron chi connectivity index (χ2n) is 9.68. The lowest BCUT2D eigenvalue weighted by atomic mass is 10.1. The molecule has 4 rings (SSSR count). The van der Waals surface area contributed by atoms with E-state index in [9.17, 15) is 18.0 Å². The van der Waals surface area contributed by atoms with Gasteiger partial charge in [-0.3, -0.25) is 19.3 Å². The fraction of sp³-hybridized carbons (Fsp3) is 0.290. The number of hydrogen-bond donors (Lipinski definition) is 2. The van der Waals surface area contributed by atoms with Crippen molar-refractivity contribution in [1.82, 2.24) is 9.55 Å². The molecule has 1 heterocycles. The average Bonchev–Trinajstić information content (AvgIpc) is 3.31. The van der Waals surface area contributed by atoms with Crippen LogP contribution in [0.3, 0.4) is 0 Å². The number of sulfonamides is 1. The Morgan fingerprint density at radius 2 is 1.63 bits per heavy atom. The van der Waals surface area contributed by atoms with Crippen LogP contribution in [0, 0.1) is 5.41 Å². The molecule has 0 atom stereocenters. The van der Waals surface area contributed by atoms with E-state index in [-0.39, 0.29) is 49.9 Å². The highest BCUT2D eigenvalue weighted by Gasteiger charge is 2.26. The monoisotopic (exact) mass is 605 g/mol. The molecule has 0 aliphatic rings. The minimum Gasteiger partial charge on any atom is -0.466 e. The van der Waals surface area contributed by atoms with Crippen LogP contribution in [0.25, 0.3) is 11.0 Å². The van der Waals surface area contributed by atoms with E-state index in [1.54, 1.807) is 66.9 Å². The number of benzene rings is 3. The Hall–Kier alpha value is -4.71. The summed E-state index contributed by atoms with van der Waals surface area (Å²) in [4.78, 5) is 29.4. The van der Waals surface area contributed by atoms with Gasteiger partial charge in [-0.15, -0.1) is 0 Å². The van der Waals surface area contributed by atoms with Crippen molar-refractivity contribution in [3.05, 3.63) is 89.7 Å². The topological polar surface area (TPSA) is 158 Å². The molecule has 0 bridgehead atoms. The number of esters is 2. The van der Waals surface area contributed by atoms with Gasteiger partial charge in [0.1, 0.15) is 18.2 Å². The van der Waals surface area contributed by atoms with Gasteiger partial charge in [-0.1, -0.05) is 42.5 Å². The fourth-order valence-corrected chi connectivity index (χ4v) is 6.18. The maximum atomic E-state index is 13.8. The summed E-state index contributed by atoms with van der Waals surface area (Å²) in [6.45, 7) is 3.90. The van der Waals surface area contributed by atoms with Crippen LogP contribution in [0.15, 0.2) is 77.7 Å². The third-order valence-corrected chi connectivity index (χ3v) is 8.54. The number of ether oxygens (including phenoxy) is 2. The first-order valence-electron chi connectivity index (χ1n) is 14.0. The summed E-state index contributed by atoms with van der Waals surface area (Å²) in [5, 5.41) is 7.63. The first-order chi connectivity index (χ1) is 20.6. The summed E-state index contributed by atoms with van der Waals surface area (Å²) in [6.07, 6.45) is 0.687. The lowest BCUT2D eigenvalue weighted by Crippen LogP contribution is -2.32. The van der Waals surface area contributed by atoms with E-state index >= 15 is 0 Å². The third kappa shape index (κ3) is 7.58. The number of nitrogens with zero attached hydrogens (tertiary/aromatic N) is 3. The SMILES string of the molecule is CCOC(=O)CCCN(c1ccc2c(c1)nc(Cc1ccc(C(=N)N)cc1)n2CC(=O)OCC)S(=O)(=O)c1ccccc1. The molecular weight excluding hydrogens is 570 g/mol. The van der Waals surface area contributed by atoms with Gasteiger partial charge in [0.2, 0.25) is 0 Å². The number of imidazole rings is 1. The van der Waals surface area contributed by atoms with Crippen molar-refractivity contribution in [3.8, 4) is 0 Å².